The van der Waals surface area contributed by atoms with Crippen LogP contribution in [0.4, 0.5) is 0 Å². The van der Waals surface area contributed by atoms with Gasteiger partial charge in [0, 0.05) is 0 Å². The Hall–Kier alpha value is -1.98. The minimum Gasteiger partial charge on any atom is -1.00 e. The molecule has 0 unspecified atom stereocenters. The molecule has 0 nitrogen and oxygen atoms in total. The molecule has 0 saturated carbocycles. The molecule has 0 amide bonds. The van der Waals surface area contributed by atoms with Gasteiger partial charge in [0.05, 0.1) is 6.16 Å². The van der Waals surface area contributed by atoms with Crippen molar-refractivity contribution in [2.75, 3.05) is 6.16 Å². The van der Waals surface area contributed by atoms with Gasteiger partial charge in [-0.2, -0.15) is 0 Å². The first-order chi connectivity index (χ1) is 10.9. The van der Waals surface area contributed by atoms with Crippen molar-refractivity contribution >= 4 is 23.2 Å². The van der Waals surface area contributed by atoms with Crippen molar-refractivity contribution < 1.29 is 4.70 Å². The van der Waals surface area contributed by atoms with Crippen LogP contribution in [0.3, 0.4) is 0 Å². The minimum atomic E-state index is -1.55. The van der Waals surface area contributed by atoms with Crippen LogP contribution in [-0.4, -0.2) is 6.16 Å². The van der Waals surface area contributed by atoms with Gasteiger partial charge in [-0.05, 0) is 42.8 Å². The summed E-state index contributed by atoms with van der Waals surface area (Å²) in [5.74, 6) is 0. The molecule has 0 aromatic heterocycles. The normalized spacial score (nSPS) is 10.8. The van der Waals surface area contributed by atoms with E-state index >= 15 is 0 Å². The lowest BCUT2D eigenvalue weighted by molar-refractivity contribution is -0.00000433. The Labute approximate surface area is 138 Å². The molecule has 23 heavy (non-hydrogen) atoms. The van der Waals surface area contributed by atoms with Gasteiger partial charge in [0.15, 0.2) is 0 Å². The first-order valence-corrected chi connectivity index (χ1v) is 9.90. The average Bonchev–Trinajstić information content (AvgIpc) is 2.62. The highest BCUT2D eigenvalue weighted by Gasteiger charge is 2.43. The van der Waals surface area contributed by atoms with Crippen molar-refractivity contribution in [2.24, 2.45) is 0 Å². The fraction of sp³-hybridized carbons (Fsp3) is 0.143. The van der Waals surface area contributed by atoms with Gasteiger partial charge >= 0.3 is 0 Å². The van der Waals surface area contributed by atoms with Crippen LogP contribution in [0.2, 0.25) is 0 Å². The van der Waals surface area contributed by atoms with E-state index in [9.17, 15) is 0 Å². The zero-order chi connectivity index (χ0) is 15.3. The Morgan fingerprint density at radius 3 is 1.13 bits per heavy atom. The topological polar surface area (TPSA) is 0 Å². The van der Waals surface area contributed by atoms with Gasteiger partial charge in [-0.3, -0.25) is 0 Å². The third-order valence-electron chi connectivity index (χ3n) is 4.15. The summed E-state index contributed by atoms with van der Waals surface area (Å²) in [7, 11) is -1.55. The summed E-state index contributed by atoms with van der Waals surface area (Å²) in [5, 5.41) is 4.44. The molecule has 3 rings (SSSR count). The van der Waals surface area contributed by atoms with E-state index in [-0.39, 0.29) is 4.70 Å². The summed E-state index contributed by atoms with van der Waals surface area (Å²) in [6, 6.07) is 33.2. The van der Waals surface area contributed by atoms with E-state index in [1.807, 2.05) is 0 Å². The van der Waals surface area contributed by atoms with E-state index in [1.54, 1.807) is 0 Å². The monoisotopic (exact) mass is 324 g/mol. The van der Waals surface area contributed by atoms with Crippen molar-refractivity contribution in [3.05, 3.63) is 91.0 Å². The summed E-state index contributed by atoms with van der Waals surface area (Å²) in [6.07, 6.45) is 2.40. The first kappa shape index (κ1) is 17.4. The molecule has 0 aliphatic rings. The molecule has 0 spiro atoms. The Balaban J connectivity index is 0.00000192. The first-order valence-electron chi connectivity index (χ1n) is 7.93. The zero-order valence-corrected chi connectivity index (χ0v) is 14.3. The molecule has 0 aliphatic carbocycles. The molecular formula is C21H22FP. The largest absolute Gasteiger partial charge is 1.00 e. The molecule has 0 bridgehead atoms. The average molecular weight is 324 g/mol. The Bertz CT molecular complexity index is 599. The molecule has 0 atom stereocenters. The van der Waals surface area contributed by atoms with Gasteiger partial charge in [0.25, 0.3) is 0 Å². The van der Waals surface area contributed by atoms with E-state index in [0.29, 0.717) is 0 Å². The van der Waals surface area contributed by atoms with E-state index in [4.69, 9.17) is 0 Å². The Morgan fingerprint density at radius 1 is 0.565 bits per heavy atom. The Kier molecular flexibility index (Phi) is 6.07. The van der Waals surface area contributed by atoms with Gasteiger partial charge < -0.3 is 4.70 Å². The van der Waals surface area contributed by atoms with Crippen LogP contribution < -0.4 is 20.6 Å². The second-order valence-electron chi connectivity index (χ2n) is 5.54. The van der Waals surface area contributed by atoms with E-state index in [2.05, 4.69) is 97.9 Å². The van der Waals surface area contributed by atoms with Crippen LogP contribution >= 0.6 is 7.26 Å². The lowest BCUT2D eigenvalue weighted by Crippen LogP contribution is -3.00. The second-order valence-corrected chi connectivity index (χ2v) is 9.16. The lowest BCUT2D eigenvalue weighted by atomic mass is 10.4. The van der Waals surface area contributed by atoms with Gasteiger partial charge in [0.2, 0.25) is 0 Å². The van der Waals surface area contributed by atoms with Crippen LogP contribution in [0.1, 0.15) is 13.3 Å². The molecule has 0 radical (unpaired) electrons. The summed E-state index contributed by atoms with van der Waals surface area (Å²) >= 11 is 0. The zero-order valence-electron chi connectivity index (χ0n) is 13.4. The fourth-order valence-corrected chi connectivity index (χ4v) is 7.60. The van der Waals surface area contributed by atoms with Crippen molar-refractivity contribution in [3.63, 3.8) is 0 Å². The summed E-state index contributed by atoms with van der Waals surface area (Å²) in [5.41, 5.74) is 0. The van der Waals surface area contributed by atoms with Crippen molar-refractivity contribution in [1.82, 2.24) is 0 Å². The molecule has 118 valence electrons. The highest BCUT2D eigenvalue weighted by molar-refractivity contribution is 7.95. The van der Waals surface area contributed by atoms with Crippen molar-refractivity contribution in [3.8, 4) is 0 Å². The Morgan fingerprint density at radius 2 is 0.870 bits per heavy atom. The fourth-order valence-electron chi connectivity index (χ4n) is 3.22. The molecule has 2 heteroatoms. The summed E-state index contributed by atoms with van der Waals surface area (Å²) in [6.45, 7) is 2.30. The SMILES string of the molecule is CCC[P+](c1ccccc1)(c1ccccc1)c1ccccc1.[F-]. The molecule has 0 heterocycles. The van der Waals surface area contributed by atoms with Crippen molar-refractivity contribution in [1.29, 1.82) is 0 Å². The quantitative estimate of drug-likeness (QED) is 0.622. The molecule has 0 fully saturated rings. The van der Waals surface area contributed by atoms with Crippen molar-refractivity contribution in [2.45, 2.75) is 13.3 Å². The number of hydrogen-bond donors (Lipinski definition) is 0. The van der Waals surface area contributed by atoms with Crippen LogP contribution in [0.5, 0.6) is 0 Å². The van der Waals surface area contributed by atoms with E-state index < -0.39 is 7.26 Å². The molecule has 0 N–H and O–H groups in total. The third kappa shape index (κ3) is 3.35. The number of halogens is 1. The minimum absolute atomic E-state index is 0. The number of rotatable bonds is 5. The highest BCUT2D eigenvalue weighted by atomic mass is 31.2. The van der Waals surface area contributed by atoms with Gasteiger partial charge in [-0.25, -0.2) is 0 Å². The van der Waals surface area contributed by atoms with Crippen LogP contribution in [-0.2, 0) is 0 Å². The standard InChI is InChI=1S/C21H22P.FH/c1-2-18-22(19-12-6-3-7-13-19,20-14-8-4-9-15-20)21-16-10-5-11-17-21;/h3-17H,2,18H2,1H3;1H/q+1;/p-1. The molecule has 3 aromatic rings. The number of hydrogen-bond acceptors (Lipinski definition) is 0. The molecule has 3 aromatic carbocycles. The van der Waals surface area contributed by atoms with Crippen LogP contribution in [0.15, 0.2) is 91.0 Å². The molecule has 0 aliphatic heterocycles. The summed E-state index contributed by atoms with van der Waals surface area (Å²) in [4.78, 5) is 0. The van der Waals surface area contributed by atoms with Gasteiger partial charge in [-0.15, -0.1) is 0 Å². The van der Waals surface area contributed by atoms with Crippen LogP contribution in [0.25, 0.3) is 0 Å². The smallest absolute Gasteiger partial charge is 0.112 e. The predicted octanol–water partition coefficient (Wildman–Crippen LogP) is 1.39. The van der Waals surface area contributed by atoms with Gasteiger partial charge in [-0.1, -0.05) is 61.5 Å². The summed E-state index contributed by atoms with van der Waals surface area (Å²) < 4.78 is 0. The third-order valence-corrected chi connectivity index (χ3v) is 8.81. The number of benzene rings is 3. The lowest BCUT2D eigenvalue weighted by Gasteiger charge is -2.27. The van der Waals surface area contributed by atoms with E-state index in [1.165, 1.54) is 28.5 Å². The van der Waals surface area contributed by atoms with Gasteiger partial charge in [0.1, 0.15) is 23.2 Å². The molecule has 0 saturated heterocycles. The maximum Gasteiger partial charge on any atom is 0.112 e. The van der Waals surface area contributed by atoms with E-state index in [0.717, 1.165) is 0 Å². The maximum atomic E-state index is 2.31. The second kappa shape index (κ2) is 8.04. The highest BCUT2D eigenvalue weighted by Crippen LogP contribution is 2.55. The van der Waals surface area contributed by atoms with Crippen LogP contribution in [0, 0.1) is 0 Å². The maximum absolute atomic E-state index is 2.31. The predicted molar refractivity (Wildman–Crippen MR) is 100 cm³/mol. The molecular weight excluding hydrogens is 302 g/mol.